The van der Waals surface area contributed by atoms with Gasteiger partial charge in [0.2, 0.25) is 0 Å². The number of benzene rings is 2. The van der Waals surface area contributed by atoms with Crippen molar-refractivity contribution < 1.29 is 9.53 Å². The van der Waals surface area contributed by atoms with Gasteiger partial charge in [-0.1, -0.05) is 42.5 Å². The molecule has 1 aliphatic carbocycles. The summed E-state index contributed by atoms with van der Waals surface area (Å²) in [5.74, 6) is 0.915. The second-order valence-electron chi connectivity index (χ2n) is 9.85. The number of aryl methyl sites for hydroxylation is 1. The average Bonchev–Trinajstić information content (AvgIpc) is 2.91. The first-order chi connectivity index (χ1) is 17.6. The van der Waals surface area contributed by atoms with Gasteiger partial charge in [0.15, 0.2) is 0 Å². The van der Waals surface area contributed by atoms with E-state index in [1.54, 1.807) is 6.20 Å². The number of hydrogen-bond acceptors (Lipinski definition) is 5. The van der Waals surface area contributed by atoms with E-state index in [2.05, 4.69) is 29.6 Å². The number of nitrogens with zero attached hydrogens (tertiary/aromatic N) is 3. The number of amides is 1. The Balaban J connectivity index is 1.40. The van der Waals surface area contributed by atoms with E-state index in [-0.39, 0.29) is 17.9 Å². The predicted molar refractivity (Wildman–Crippen MR) is 142 cm³/mol. The van der Waals surface area contributed by atoms with E-state index in [4.69, 9.17) is 14.7 Å². The number of ether oxygens (including phenoxy) is 1. The zero-order valence-electron chi connectivity index (χ0n) is 20.7. The summed E-state index contributed by atoms with van der Waals surface area (Å²) >= 11 is 0. The van der Waals surface area contributed by atoms with E-state index in [1.165, 1.54) is 11.1 Å². The summed E-state index contributed by atoms with van der Waals surface area (Å²) in [7, 11) is 3.95. The van der Waals surface area contributed by atoms with Gasteiger partial charge in [0, 0.05) is 49.8 Å². The van der Waals surface area contributed by atoms with Crippen LogP contribution in [0.3, 0.4) is 0 Å². The minimum absolute atomic E-state index is 0.0973. The molecule has 6 nitrogen and oxygen atoms in total. The number of para-hydroxylation sites is 1. The van der Waals surface area contributed by atoms with E-state index in [1.807, 2.05) is 55.5 Å². The molecule has 4 aromatic rings. The molecule has 0 saturated heterocycles. The molecule has 2 aromatic carbocycles. The molecule has 0 bridgehead atoms. The molecule has 0 unspecified atom stereocenters. The van der Waals surface area contributed by atoms with Crippen molar-refractivity contribution in [1.29, 1.82) is 0 Å². The maximum atomic E-state index is 13.6. The Morgan fingerprint density at radius 1 is 1.00 bits per heavy atom. The third kappa shape index (κ3) is 3.87. The molecule has 6 heteroatoms. The fourth-order valence-electron chi connectivity index (χ4n) is 5.80. The molecule has 0 radical (unpaired) electrons. The van der Waals surface area contributed by atoms with E-state index in [0.717, 1.165) is 59.3 Å². The van der Waals surface area contributed by atoms with Gasteiger partial charge in [0.05, 0.1) is 35.1 Å². The third-order valence-electron chi connectivity index (χ3n) is 7.44. The summed E-state index contributed by atoms with van der Waals surface area (Å²) in [6.07, 6.45) is 7.60. The molecule has 0 saturated carbocycles. The van der Waals surface area contributed by atoms with Crippen molar-refractivity contribution in [3.63, 3.8) is 0 Å². The lowest BCUT2D eigenvalue weighted by atomic mass is 9.80. The van der Waals surface area contributed by atoms with Gasteiger partial charge in [-0.05, 0) is 42.5 Å². The van der Waals surface area contributed by atoms with Crippen LogP contribution < -0.4 is 15.0 Å². The molecule has 2 aliphatic rings. The Morgan fingerprint density at radius 2 is 1.81 bits per heavy atom. The minimum Gasteiger partial charge on any atom is -0.493 e. The first-order valence-electron chi connectivity index (χ1n) is 12.7. The van der Waals surface area contributed by atoms with Crippen molar-refractivity contribution in [2.24, 2.45) is 0 Å². The summed E-state index contributed by atoms with van der Waals surface area (Å²) in [6, 6.07) is 18.5. The maximum Gasteiger partial charge on any atom is 0.255 e. The Hall–Kier alpha value is -3.93. The Labute approximate surface area is 211 Å². The molecule has 182 valence electrons. The van der Waals surface area contributed by atoms with Crippen LogP contribution in [-0.4, -0.2) is 36.6 Å². The van der Waals surface area contributed by atoms with Crippen LogP contribution in [0.2, 0.25) is 0 Å². The maximum absolute atomic E-state index is 13.6. The van der Waals surface area contributed by atoms with Gasteiger partial charge in [-0.2, -0.15) is 0 Å². The molecule has 1 amide bonds. The molecular formula is C30H30N4O2. The topological polar surface area (TPSA) is 67.4 Å². The highest BCUT2D eigenvalue weighted by molar-refractivity contribution is 6.07. The fourth-order valence-corrected chi connectivity index (χ4v) is 5.80. The summed E-state index contributed by atoms with van der Waals surface area (Å²) < 4.78 is 5.78. The van der Waals surface area contributed by atoms with Gasteiger partial charge in [-0.15, -0.1) is 0 Å². The van der Waals surface area contributed by atoms with Crippen molar-refractivity contribution in [3.05, 3.63) is 94.9 Å². The van der Waals surface area contributed by atoms with Crippen LogP contribution >= 0.6 is 0 Å². The number of hydrogen-bond donors (Lipinski definition) is 1. The van der Waals surface area contributed by atoms with Crippen LogP contribution in [0, 0.1) is 0 Å². The molecule has 1 N–H and O–H groups in total. The second kappa shape index (κ2) is 9.26. The smallest absolute Gasteiger partial charge is 0.255 e. The summed E-state index contributed by atoms with van der Waals surface area (Å²) in [5, 5.41) is 4.19. The SMILES string of the molecule is CN(C)c1c(C(=O)N[C@H]2CCOc3ccccc32)cnc2c([C@@H]3CCCc4ccccc43)nccc12. The molecule has 6 rings (SSSR count). The van der Waals surface area contributed by atoms with Crippen LogP contribution in [0.25, 0.3) is 10.9 Å². The molecule has 3 heterocycles. The quantitative estimate of drug-likeness (QED) is 0.424. The van der Waals surface area contributed by atoms with Crippen LogP contribution in [0.5, 0.6) is 5.75 Å². The summed E-state index contributed by atoms with van der Waals surface area (Å²) in [5.41, 5.74) is 7.05. The average molecular weight is 479 g/mol. The highest BCUT2D eigenvalue weighted by Gasteiger charge is 2.28. The number of carbonyl (C=O) groups is 1. The van der Waals surface area contributed by atoms with E-state index >= 15 is 0 Å². The second-order valence-corrected chi connectivity index (χ2v) is 9.85. The summed E-state index contributed by atoms with van der Waals surface area (Å²) in [6.45, 7) is 0.580. The molecule has 2 aromatic heterocycles. The van der Waals surface area contributed by atoms with Crippen LogP contribution in [0.15, 0.2) is 67.0 Å². The number of nitrogens with one attached hydrogen (secondary N) is 1. The normalized spacial score (nSPS) is 18.6. The van der Waals surface area contributed by atoms with Crippen molar-refractivity contribution >= 4 is 22.5 Å². The number of anilines is 1. The molecule has 2 atom stereocenters. The highest BCUT2D eigenvalue weighted by atomic mass is 16.5. The largest absolute Gasteiger partial charge is 0.493 e. The monoisotopic (exact) mass is 478 g/mol. The van der Waals surface area contributed by atoms with Gasteiger partial charge >= 0.3 is 0 Å². The predicted octanol–water partition coefficient (Wildman–Crippen LogP) is 5.42. The number of rotatable bonds is 4. The van der Waals surface area contributed by atoms with Gasteiger partial charge in [-0.25, -0.2) is 0 Å². The zero-order valence-corrected chi connectivity index (χ0v) is 20.7. The van der Waals surface area contributed by atoms with Gasteiger partial charge < -0.3 is 15.0 Å². The molecule has 0 spiro atoms. The van der Waals surface area contributed by atoms with E-state index < -0.39 is 0 Å². The van der Waals surface area contributed by atoms with Crippen LogP contribution in [-0.2, 0) is 6.42 Å². The first-order valence-corrected chi connectivity index (χ1v) is 12.7. The molecular weight excluding hydrogens is 448 g/mol. The van der Waals surface area contributed by atoms with Gasteiger partial charge in [0.1, 0.15) is 5.75 Å². The van der Waals surface area contributed by atoms with Crippen molar-refractivity contribution in [3.8, 4) is 5.75 Å². The number of fused-ring (bicyclic) bond motifs is 3. The number of pyridine rings is 2. The Morgan fingerprint density at radius 3 is 2.67 bits per heavy atom. The molecule has 1 aliphatic heterocycles. The Bertz CT molecular complexity index is 1450. The molecule has 0 fully saturated rings. The highest BCUT2D eigenvalue weighted by Crippen LogP contribution is 2.40. The van der Waals surface area contributed by atoms with Crippen LogP contribution in [0.4, 0.5) is 5.69 Å². The third-order valence-corrected chi connectivity index (χ3v) is 7.44. The van der Waals surface area contributed by atoms with Gasteiger partial charge in [-0.3, -0.25) is 14.8 Å². The first kappa shape index (κ1) is 22.5. The number of carbonyl (C=O) groups excluding carboxylic acids is 1. The van der Waals surface area contributed by atoms with Crippen molar-refractivity contribution in [1.82, 2.24) is 15.3 Å². The van der Waals surface area contributed by atoms with Crippen molar-refractivity contribution in [2.75, 3.05) is 25.6 Å². The minimum atomic E-state index is -0.129. The van der Waals surface area contributed by atoms with Crippen LogP contribution in [0.1, 0.15) is 64.0 Å². The van der Waals surface area contributed by atoms with E-state index in [0.29, 0.717) is 12.2 Å². The van der Waals surface area contributed by atoms with E-state index in [9.17, 15) is 4.79 Å². The lowest BCUT2D eigenvalue weighted by Gasteiger charge is -2.28. The fraction of sp³-hybridized carbons (Fsp3) is 0.300. The lowest BCUT2D eigenvalue weighted by Crippen LogP contribution is -2.33. The lowest BCUT2D eigenvalue weighted by molar-refractivity contribution is 0.0925. The molecule has 36 heavy (non-hydrogen) atoms. The Kier molecular flexibility index (Phi) is 5.80. The summed E-state index contributed by atoms with van der Waals surface area (Å²) in [4.78, 5) is 25.3. The van der Waals surface area contributed by atoms with Crippen molar-refractivity contribution in [2.45, 2.75) is 37.6 Å². The standard InChI is InChI=1S/C30H30N4O2/c1-34(2)29-23-14-16-31-27(21-12-7-9-19-8-3-4-10-20(19)21)28(23)32-18-24(29)30(35)33-25-15-17-36-26-13-6-5-11-22(25)26/h3-6,8,10-11,13-14,16,18,21,25H,7,9,12,15,17H2,1-2H3,(H,33,35)/t21-,25+/m1/s1. The van der Waals surface area contributed by atoms with Gasteiger partial charge in [0.25, 0.3) is 5.91 Å². The zero-order chi connectivity index (χ0) is 24.6. The number of aromatic nitrogens is 2.